The van der Waals surface area contributed by atoms with Crippen LogP contribution in [0.15, 0.2) is 48.5 Å². The molecule has 0 bridgehead atoms. The van der Waals surface area contributed by atoms with Crippen LogP contribution < -0.4 is 15.0 Å². The van der Waals surface area contributed by atoms with Crippen LogP contribution in [0.25, 0.3) is 0 Å². The third-order valence-electron chi connectivity index (χ3n) is 4.45. The Labute approximate surface area is 161 Å². The van der Waals surface area contributed by atoms with Crippen molar-refractivity contribution in [2.24, 2.45) is 0 Å². The predicted octanol–water partition coefficient (Wildman–Crippen LogP) is 3.39. The number of quaternary nitrogens is 1. The molecule has 5 heteroatoms. The number of carbonyl (C=O) groups is 1. The van der Waals surface area contributed by atoms with Gasteiger partial charge < -0.3 is 15.0 Å². The number of likely N-dealkylation sites (N-methyl/N-ethyl adjacent to an activating group) is 1. The third kappa shape index (κ3) is 6.36. The number of rotatable bonds is 9. The van der Waals surface area contributed by atoms with E-state index in [0.717, 1.165) is 29.3 Å². The van der Waals surface area contributed by atoms with Gasteiger partial charge in [0.15, 0.2) is 6.54 Å². The van der Waals surface area contributed by atoms with Crippen LogP contribution >= 0.6 is 11.6 Å². The molecule has 0 aliphatic heterocycles. The molecule has 1 amide bonds. The number of hydrogen-bond donors (Lipinski definition) is 2. The van der Waals surface area contributed by atoms with Gasteiger partial charge in [0.25, 0.3) is 5.91 Å². The van der Waals surface area contributed by atoms with E-state index in [0.29, 0.717) is 24.1 Å². The topological polar surface area (TPSA) is 42.8 Å². The highest BCUT2D eigenvalue weighted by Crippen LogP contribution is 2.26. The lowest BCUT2D eigenvalue weighted by Gasteiger charge is -2.17. The van der Waals surface area contributed by atoms with Gasteiger partial charge in [-0.1, -0.05) is 43.6 Å². The van der Waals surface area contributed by atoms with Gasteiger partial charge in [-0.2, -0.15) is 0 Å². The molecule has 0 radical (unpaired) electrons. The quantitative estimate of drug-likeness (QED) is 0.705. The van der Waals surface area contributed by atoms with E-state index in [1.54, 1.807) is 12.1 Å². The first kappa shape index (κ1) is 20.3. The Bertz CT molecular complexity index is 703. The zero-order chi connectivity index (χ0) is 18.9. The highest BCUT2D eigenvalue weighted by Gasteiger charge is 2.14. The van der Waals surface area contributed by atoms with Crippen molar-refractivity contribution >= 4 is 23.2 Å². The van der Waals surface area contributed by atoms with E-state index >= 15 is 0 Å². The first-order valence-corrected chi connectivity index (χ1v) is 9.45. The van der Waals surface area contributed by atoms with Crippen LogP contribution in [0.2, 0.25) is 5.02 Å². The summed E-state index contributed by atoms with van der Waals surface area (Å²) in [5.74, 6) is 1.23. The fourth-order valence-electron chi connectivity index (χ4n) is 2.69. The maximum Gasteiger partial charge on any atom is 0.279 e. The van der Waals surface area contributed by atoms with Crippen molar-refractivity contribution in [3.8, 4) is 5.75 Å². The molecule has 0 saturated carbocycles. The molecule has 0 spiro atoms. The van der Waals surface area contributed by atoms with Gasteiger partial charge in [0.2, 0.25) is 0 Å². The predicted molar refractivity (Wildman–Crippen MR) is 107 cm³/mol. The number of benzene rings is 2. The second kappa shape index (κ2) is 10.2. The molecule has 2 aromatic carbocycles. The normalized spacial score (nSPS) is 13.1. The molecule has 0 aliphatic rings. The second-order valence-electron chi connectivity index (χ2n) is 6.63. The van der Waals surface area contributed by atoms with Crippen LogP contribution in [0.5, 0.6) is 5.75 Å². The standard InChI is InChI=1S/C21H27ClN2O2/c1-4-16(2)19-7-5-6-8-20(19)23-21(25)15-24(3)13-14-26-18-11-9-17(22)10-12-18/h5-12,16H,4,13-15H2,1-3H3,(H,23,25)/p+1/t16-/m0/s1. The van der Waals surface area contributed by atoms with Crippen LogP contribution in [0.1, 0.15) is 31.7 Å². The molecular weight excluding hydrogens is 348 g/mol. The maximum absolute atomic E-state index is 12.4. The lowest BCUT2D eigenvalue weighted by atomic mass is 9.97. The van der Waals surface area contributed by atoms with Gasteiger partial charge in [-0.25, -0.2) is 0 Å². The molecule has 2 aromatic rings. The van der Waals surface area contributed by atoms with E-state index in [4.69, 9.17) is 16.3 Å². The number of anilines is 1. The lowest BCUT2D eigenvalue weighted by Crippen LogP contribution is -3.10. The Hall–Kier alpha value is -2.04. The van der Waals surface area contributed by atoms with E-state index in [2.05, 4.69) is 25.2 Å². The van der Waals surface area contributed by atoms with E-state index < -0.39 is 0 Å². The molecule has 0 fully saturated rings. The van der Waals surface area contributed by atoms with Crippen LogP contribution in [0, 0.1) is 0 Å². The monoisotopic (exact) mass is 375 g/mol. The molecule has 2 atom stereocenters. The Morgan fingerprint density at radius 2 is 1.88 bits per heavy atom. The highest BCUT2D eigenvalue weighted by molar-refractivity contribution is 6.30. The molecule has 1 unspecified atom stereocenters. The van der Waals surface area contributed by atoms with Crippen molar-refractivity contribution in [3.05, 3.63) is 59.1 Å². The number of amides is 1. The Morgan fingerprint density at radius 1 is 1.19 bits per heavy atom. The average Bonchev–Trinajstić information content (AvgIpc) is 2.63. The van der Waals surface area contributed by atoms with Crippen molar-refractivity contribution in [2.75, 3.05) is 32.1 Å². The smallest absolute Gasteiger partial charge is 0.279 e. The highest BCUT2D eigenvalue weighted by atomic mass is 35.5. The molecule has 0 aromatic heterocycles. The van der Waals surface area contributed by atoms with Gasteiger partial charge in [-0.3, -0.25) is 4.79 Å². The Balaban J connectivity index is 1.79. The lowest BCUT2D eigenvalue weighted by molar-refractivity contribution is -0.871. The van der Waals surface area contributed by atoms with Crippen molar-refractivity contribution in [3.63, 3.8) is 0 Å². The first-order valence-electron chi connectivity index (χ1n) is 9.08. The summed E-state index contributed by atoms with van der Waals surface area (Å²) in [5, 5.41) is 3.75. The summed E-state index contributed by atoms with van der Waals surface area (Å²) in [6.45, 7) is 6.02. The summed E-state index contributed by atoms with van der Waals surface area (Å²) in [4.78, 5) is 13.5. The largest absolute Gasteiger partial charge is 0.488 e. The summed E-state index contributed by atoms with van der Waals surface area (Å²) < 4.78 is 5.69. The molecule has 0 aliphatic carbocycles. The SMILES string of the molecule is CC[C@H](C)c1ccccc1NC(=O)C[NH+](C)CCOc1ccc(Cl)cc1. The average molecular weight is 376 g/mol. The van der Waals surface area contributed by atoms with Gasteiger partial charge in [0, 0.05) is 10.7 Å². The molecule has 2 N–H and O–H groups in total. The van der Waals surface area contributed by atoms with Crippen LogP contribution in [-0.4, -0.2) is 32.7 Å². The molecule has 0 saturated heterocycles. The zero-order valence-corrected chi connectivity index (χ0v) is 16.5. The van der Waals surface area contributed by atoms with Crippen molar-refractivity contribution in [2.45, 2.75) is 26.2 Å². The minimum Gasteiger partial charge on any atom is -0.488 e. The van der Waals surface area contributed by atoms with Gasteiger partial charge in [-0.15, -0.1) is 0 Å². The van der Waals surface area contributed by atoms with Crippen molar-refractivity contribution in [1.29, 1.82) is 0 Å². The van der Waals surface area contributed by atoms with E-state index in [9.17, 15) is 4.79 Å². The number of hydrogen-bond acceptors (Lipinski definition) is 2. The number of carbonyl (C=O) groups excluding carboxylic acids is 1. The van der Waals surface area contributed by atoms with Gasteiger partial charge in [0.1, 0.15) is 18.9 Å². The van der Waals surface area contributed by atoms with Gasteiger partial charge in [-0.05, 0) is 48.2 Å². The molecular formula is C21H28ClN2O2+. The fourth-order valence-corrected chi connectivity index (χ4v) is 2.82. The van der Waals surface area contributed by atoms with Gasteiger partial charge >= 0.3 is 0 Å². The van der Waals surface area contributed by atoms with Crippen molar-refractivity contribution in [1.82, 2.24) is 0 Å². The zero-order valence-electron chi connectivity index (χ0n) is 15.7. The third-order valence-corrected chi connectivity index (χ3v) is 4.70. The molecule has 2 rings (SSSR count). The van der Waals surface area contributed by atoms with Gasteiger partial charge in [0.05, 0.1) is 7.05 Å². The number of halogens is 1. The van der Waals surface area contributed by atoms with Crippen LogP contribution in [-0.2, 0) is 4.79 Å². The second-order valence-corrected chi connectivity index (χ2v) is 7.07. The fraction of sp³-hybridized carbons (Fsp3) is 0.381. The molecule has 140 valence electrons. The summed E-state index contributed by atoms with van der Waals surface area (Å²) >= 11 is 5.86. The van der Waals surface area contributed by atoms with E-state index in [1.165, 1.54) is 5.56 Å². The van der Waals surface area contributed by atoms with E-state index in [1.807, 2.05) is 37.4 Å². The molecule has 26 heavy (non-hydrogen) atoms. The first-order chi connectivity index (χ1) is 12.5. The maximum atomic E-state index is 12.4. The summed E-state index contributed by atoms with van der Waals surface area (Å²) in [6.07, 6.45) is 1.04. The number of ether oxygens (including phenoxy) is 1. The summed E-state index contributed by atoms with van der Waals surface area (Å²) in [5.41, 5.74) is 2.10. The molecule has 0 heterocycles. The minimum absolute atomic E-state index is 0.0183. The summed E-state index contributed by atoms with van der Waals surface area (Å²) in [6, 6.07) is 15.3. The van der Waals surface area contributed by atoms with Crippen LogP contribution in [0.4, 0.5) is 5.69 Å². The van der Waals surface area contributed by atoms with E-state index in [-0.39, 0.29) is 5.91 Å². The summed E-state index contributed by atoms with van der Waals surface area (Å²) in [7, 11) is 1.99. The Morgan fingerprint density at radius 3 is 2.58 bits per heavy atom. The Kier molecular flexibility index (Phi) is 7.95. The molecule has 4 nitrogen and oxygen atoms in total. The number of para-hydroxylation sites is 1. The number of nitrogens with one attached hydrogen (secondary N) is 2. The minimum atomic E-state index is 0.0183. The van der Waals surface area contributed by atoms with Crippen LogP contribution in [0.3, 0.4) is 0 Å². The van der Waals surface area contributed by atoms with Crippen molar-refractivity contribution < 1.29 is 14.4 Å².